The Hall–Kier alpha value is -1.91. The molecule has 0 bridgehead atoms. The van der Waals surface area contributed by atoms with Crippen LogP contribution >= 0.6 is 24.0 Å². The van der Waals surface area contributed by atoms with E-state index in [1.54, 1.807) is 14.2 Å². The first kappa shape index (κ1) is 23.1. The topological polar surface area (TPSA) is 63.5 Å². The average Bonchev–Trinajstić information content (AvgIpc) is 3.13. The molecule has 1 aromatic heterocycles. The molecular formula is C18H26F2IN5O. The molecule has 150 valence electrons. The van der Waals surface area contributed by atoms with Crippen LogP contribution < -0.4 is 15.4 Å². The minimum atomic E-state index is -2.60. The number of hydrogen-bond donors (Lipinski definition) is 2. The van der Waals surface area contributed by atoms with E-state index in [0.29, 0.717) is 18.4 Å². The van der Waals surface area contributed by atoms with Crippen molar-refractivity contribution < 1.29 is 13.5 Å². The number of aromatic nitrogens is 2. The van der Waals surface area contributed by atoms with Crippen LogP contribution in [0.25, 0.3) is 0 Å². The molecule has 0 fully saturated rings. The molecule has 2 rings (SSSR count). The van der Waals surface area contributed by atoms with Crippen LogP contribution in [0.3, 0.4) is 0 Å². The van der Waals surface area contributed by atoms with Crippen molar-refractivity contribution in [3.8, 4) is 5.75 Å². The number of guanidine groups is 1. The van der Waals surface area contributed by atoms with Crippen molar-refractivity contribution in [3.05, 3.63) is 48.0 Å². The minimum absolute atomic E-state index is 0. The molecule has 1 aromatic carbocycles. The van der Waals surface area contributed by atoms with Gasteiger partial charge in [-0.05, 0) is 30.0 Å². The second kappa shape index (κ2) is 11.7. The summed E-state index contributed by atoms with van der Waals surface area (Å²) in [4.78, 5) is 8.04. The molecule has 0 saturated carbocycles. The molecule has 2 aromatic rings. The van der Waals surface area contributed by atoms with E-state index in [2.05, 4.69) is 39.7 Å². The van der Waals surface area contributed by atoms with Gasteiger partial charge in [0, 0.05) is 26.0 Å². The van der Waals surface area contributed by atoms with Gasteiger partial charge < -0.3 is 15.4 Å². The largest absolute Gasteiger partial charge is 0.497 e. The van der Waals surface area contributed by atoms with Gasteiger partial charge in [0.15, 0.2) is 5.96 Å². The van der Waals surface area contributed by atoms with Crippen LogP contribution in [0.15, 0.2) is 41.7 Å². The number of methoxy groups -OCH3 is 1. The molecule has 6 nitrogen and oxygen atoms in total. The first-order chi connectivity index (χ1) is 12.5. The fraction of sp³-hybridized carbons (Fsp3) is 0.444. The second-order valence-electron chi connectivity index (χ2n) is 5.84. The molecule has 2 N–H and O–H groups in total. The van der Waals surface area contributed by atoms with Crippen LogP contribution in [0, 0.1) is 0 Å². The molecule has 0 radical (unpaired) electrons. The molecule has 1 atom stereocenters. The van der Waals surface area contributed by atoms with Gasteiger partial charge in [-0.15, -0.1) is 24.0 Å². The third-order valence-electron chi connectivity index (χ3n) is 4.15. The number of halogens is 3. The number of rotatable bonds is 8. The molecule has 0 aliphatic rings. The first-order valence-electron chi connectivity index (χ1n) is 8.43. The summed E-state index contributed by atoms with van der Waals surface area (Å²) in [6, 6.07) is 8.01. The quantitative estimate of drug-likeness (QED) is 0.334. The zero-order valence-electron chi connectivity index (χ0n) is 15.7. The van der Waals surface area contributed by atoms with E-state index in [-0.39, 0.29) is 36.3 Å². The normalized spacial score (nSPS) is 12.4. The lowest BCUT2D eigenvalue weighted by Crippen LogP contribution is -2.38. The highest BCUT2D eigenvalue weighted by Gasteiger charge is 2.11. The van der Waals surface area contributed by atoms with Crippen molar-refractivity contribution in [2.45, 2.75) is 32.4 Å². The summed E-state index contributed by atoms with van der Waals surface area (Å²) in [5, 5.41) is 6.19. The molecule has 0 spiro atoms. The lowest BCUT2D eigenvalue weighted by atomic mass is 9.98. The maximum Gasteiger partial charge on any atom is 0.319 e. The molecule has 27 heavy (non-hydrogen) atoms. The van der Waals surface area contributed by atoms with Gasteiger partial charge in [-0.25, -0.2) is 4.98 Å². The van der Waals surface area contributed by atoms with Crippen molar-refractivity contribution in [2.24, 2.45) is 4.99 Å². The highest BCUT2D eigenvalue weighted by Crippen LogP contribution is 2.21. The SMILES string of the molecule is CN=C(NCCC(C)c1ccc(OC)cc1)NCc1nccn1C(F)F.I. The summed E-state index contributed by atoms with van der Waals surface area (Å²) < 4.78 is 31.6. The Morgan fingerprint density at radius 1 is 1.26 bits per heavy atom. The monoisotopic (exact) mass is 493 g/mol. The number of imidazole rings is 1. The van der Waals surface area contributed by atoms with Crippen molar-refractivity contribution in [1.29, 1.82) is 0 Å². The Balaban J connectivity index is 0.00000364. The molecule has 0 aliphatic carbocycles. The molecular weight excluding hydrogens is 467 g/mol. The summed E-state index contributed by atoms with van der Waals surface area (Å²) >= 11 is 0. The molecule has 0 amide bonds. The maximum absolute atomic E-state index is 12.8. The summed E-state index contributed by atoms with van der Waals surface area (Å²) in [6.45, 7) is 0.426. The highest BCUT2D eigenvalue weighted by atomic mass is 127. The predicted octanol–water partition coefficient (Wildman–Crippen LogP) is 3.76. The van der Waals surface area contributed by atoms with E-state index in [4.69, 9.17) is 4.74 Å². The minimum Gasteiger partial charge on any atom is -0.497 e. The number of ether oxygens (including phenoxy) is 1. The number of nitrogens with one attached hydrogen (secondary N) is 2. The van der Waals surface area contributed by atoms with E-state index in [1.165, 1.54) is 18.0 Å². The first-order valence-corrected chi connectivity index (χ1v) is 8.43. The van der Waals surface area contributed by atoms with E-state index in [1.807, 2.05) is 12.1 Å². The third-order valence-corrected chi connectivity index (χ3v) is 4.15. The van der Waals surface area contributed by atoms with Crippen LogP contribution in [0.2, 0.25) is 0 Å². The summed E-state index contributed by atoms with van der Waals surface area (Å²) in [5.41, 5.74) is 1.23. The van der Waals surface area contributed by atoms with Crippen molar-refractivity contribution in [1.82, 2.24) is 20.2 Å². The molecule has 9 heteroatoms. The number of hydrogen-bond acceptors (Lipinski definition) is 3. The zero-order valence-corrected chi connectivity index (χ0v) is 18.0. The maximum atomic E-state index is 12.8. The van der Waals surface area contributed by atoms with Gasteiger partial charge in [-0.1, -0.05) is 19.1 Å². The Labute approximate surface area is 175 Å². The van der Waals surface area contributed by atoms with E-state index < -0.39 is 6.55 Å². The summed E-state index contributed by atoms with van der Waals surface area (Å²) in [6.07, 6.45) is 3.52. The Morgan fingerprint density at radius 3 is 2.56 bits per heavy atom. The van der Waals surface area contributed by atoms with Crippen LogP contribution in [-0.2, 0) is 6.54 Å². The predicted molar refractivity (Wildman–Crippen MR) is 113 cm³/mol. The smallest absolute Gasteiger partial charge is 0.319 e. The van der Waals surface area contributed by atoms with Gasteiger partial charge in [-0.3, -0.25) is 9.56 Å². The highest BCUT2D eigenvalue weighted by molar-refractivity contribution is 14.0. The fourth-order valence-corrected chi connectivity index (χ4v) is 2.55. The number of benzene rings is 1. The second-order valence-corrected chi connectivity index (χ2v) is 5.84. The van der Waals surface area contributed by atoms with Gasteiger partial charge in [0.25, 0.3) is 0 Å². The van der Waals surface area contributed by atoms with Gasteiger partial charge in [0.1, 0.15) is 11.6 Å². The lowest BCUT2D eigenvalue weighted by molar-refractivity contribution is 0.0668. The van der Waals surface area contributed by atoms with Crippen molar-refractivity contribution in [2.75, 3.05) is 20.7 Å². The van der Waals surface area contributed by atoms with E-state index in [9.17, 15) is 8.78 Å². The Bertz CT molecular complexity index is 706. The summed E-state index contributed by atoms with van der Waals surface area (Å²) in [5.74, 6) is 2.01. The van der Waals surface area contributed by atoms with E-state index >= 15 is 0 Å². The Morgan fingerprint density at radius 2 is 1.96 bits per heavy atom. The van der Waals surface area contributed by atoms with Crippen molar-refractivity contribution in [3.63, 3.8) is 0 Å². The fourth-order valence-electron chi connectivity index (χ4n) is 2.55. The molecule has 0 aliphatic heterocycles. The Kier molecular flexibility index (Phi) is 10.0. The zero-order chi connectivity index (χ0) is 18.9. The molecule has 1 unspecified atom stereocenters. The summed E-state index contributed by atoms with van der Waals surface area (Å²) in [7, 11) is 3.29. The third kappa shape index (κ3) is 6.96. The number of aliphatic imine (C=N–C) groups is 1. The average molecular weight is 493 g/mol. The van der Waals surface area contributed by atoms with E-state index in [0.717, 1.165) is 16.7 Å². The molecule has 1 heterocycles. The van der Waals surface area contributed by atoms with Gasteiger partial charge >= 0.3 is 6.55 Å². The standard InChI is InChI=1S/C18H25F2N5O.HI/c1-13(14-4-6-15(26-3)7-5-14)8-9-23-18(21-2)24-12-16-22-10-11-25(16)17(19)20;/h4-7,10-11,13,17H,8-9,12H2,1-3H3,(H2,21,23,24);1H. The van der Waals surface area contributed by atoms with Crippen LogP contribution in [0.1, 0.15) is 37.2 Å². The van der Waals surface area contributed by atoms with Gasteiger partial charge in [0.05, 0.1) is 13.7 Å². The number of nitrogens with zero attached hydrogens (tertiary/aromatic N) is 3. The lowest BCUT2D eigenvalue weighted by Gasteiger charge is -2.15. The van der Waals surface area contributed by atoms with Crippen LogP contribution in [0.4, 0.5) is 8.78 Å². The van der Waals surface area contributed by atoms with Gasteiger partial charge in [0.2, 0.25) is 0 Å². The van der Waals surface area contributed by atoms with Crippen LogP contribution in [0.5, 0.6) is 5.75 Å². The molecule has 0 saturated heterocycles. The number of alkyl halides is 2. The van der Waals surface area contributed by atoms with Gasteiger partial charge in [-0.2, -0.15) is 8.78 Å². The van der Waals surface area contributed by atoms with Crippen molar-refractivity contribution >= 4 is 29.9 Å². The van der Waals surface area contributed by atoms with Crippen LogP contribution in [-0.4, -0.2) is 36.2 Å².